The van der Waals surface area contributed by atoms with Crippen LogP contribution in [0.25, 0.3) is 44.1 Å². The summed E-state index contributed by atoms with van der Waals surface area (Å²) >= 11 is 0. The Bertz CT molecular complexity index is 1270. The maximum atomic E-state index is 6.34. The number of rotatable bonds is 1. The van der Waals surface area contributed by atoms with Gasteiger partial charge in [-0.1, -0.05) is 18.2 Å². The van der Waals surface area contributed by atoms with Crippen LogP contribution in [0.15, 0.2) is 71.4 Å². The van der Waals surface area contributed by atoms with E-state index in [1.807, 2.05) is 18.3 Å². The number of fused-ring (bicyclic) bond motifs is 4. The van der Waals surface area contributed by atoms with Gasteiger partial charge in [-0.3, -0.25) is 4.98 Å². The number of hydrogen-bond acceptors (Lipinski definition) is 2. The smallest absolute Gasteiger partial charge is 0.216 e. The quantitative estimate of drug-likeness (QED) is 0.409. The summed E-state index contributed by atoms with van der Waals surface area (Å²) in [5.41, 5.74) is 6.33. The van der Waals surface area contributed by atoms with Gasteiger partial charge in [-0.25, -0.2) is 4.57 Å². The fourth-order valence-electron chi connectivity index (χ4n) is 3.60. The minimum atomic E-state index is 0.904. The van der Waals surface area contributed by atoms with Crippen molar-refractivity contribution in [3.63, 3.8) is 0 Å². The van der Waals surface area contributed by atoms with Gasteiger partial charge in [-0.05, 0) is 36.8 Å². The molecule has 3 heteroatoms. The van der Waals surface area contributed by atoms with Crippen molar-refractivity contribution >= 4 is 32.8 Å². The van der Waals surface area contributed by atoms with E-state index in [1.54, 1.807) is 0 Å². The molecule has 0 radical (unpaired) electrons. The highest BCUT2D eigenvalue weighted by Crippen LogP contribution is 2.37. The van der Waals surface area contributed by atoms with Gasteiger partial charge in [0.25, 0.3) is 0 Å². The summed E-state index contributed by atoms with van der Waals surface area (Å²) in [6, 6.07) is 18.8. The molecule has 25 heavy (non-hydrogen) atoms. The zero-order valence-corrected chi connectivity index (χ0v) is 14.2. The van der Waals surface area contributed by atoms with Crippen molar-refractivity contribution in [2.45, 2.75) is 6.92 Å². The zero-order chi connectivity index (χ0) is 17.0. The van der Waals surface area contributed by atoms with E-state index in [1.165, 1.54) is 5.56 Å². The van der Waals surface area contributed by atoms with Crippen LogP contribution in [-0.4, -0.2) is 4.98 Å². The maximum absolute atomic E-state index is 6.34. The van der Waals surface area contributed by atoms with Gasteiger partial charge in [0, 0.05) is 34.5 Å². The predicted octanol–water partition coefficient (Wildman–Crippen LogP) is 4.93. The van der Waals surface area contributed by atoms with E-state index in [0.717, 1.165) is 44.1 Å². The molecule has 3 aromatic heterocycles. The highest BCUT2D eigenvalue weighted by molar-refractivity contribution is 6.12. The summed E-state index contributed by atoms with van der Waals surface area (Å²) in [6.45, 7) is 2.13. The standard InChI is InChI=1S/C22H17N2O/c1-14-8-9-16-17-13-18-15(6-5-10-23-18)12-20(17)25-22(16)21(14)19-7-3-4-11-24(19)2/h3-13H,1-2H3/q+1. The Kier molecular flexibility index (Phi) is 2.92. The monoisotopic (exact) mass is 325 g/mol. The van der Waals surface area contributed by atoms with Crippen molar-refractivity contribution in [1.82, 2.24) is 4.98 Å². The van der Waals surface area contributed by atoms with Crippen LogP contribution in [0.4, 0.5) is 0 Å². The average Bonchev–Trinajstić information content (AvgIpc) is 2.98. The summed E-state index contributed by atoms with van der Waals surface area (Å²) in [5.74, 6) is 0. The van der Waals surface area contributed by atoms with Crippen LogP contribution >= 0.6 is 0 Å². The molecule has 5 aromatic rings. The summed E-state index contributed by atoms with van der Waals surface area (Å²) in [6.07, 6.45) is 3.89. The third kappa shape index (κ3) is 2.06. The first-order valence-electron chi connectivity index (χ1n) is 8.38. The summed E-state index contributed by atoms with van der Waals surface area (Å²) in [4.78, 5) is 4.48. The van der Waals surface area contributed by atoms with Crippen LogP contribution in [0.1, 0.15) is 5.56 Å². The number of furan rings is 1. The van der Waals surface area contributed by atoms with Crippen LogP contribution in [0.3, 0.4) is 0 Å². The molecule has 0 unspecified atom stereocenters. The van der Waals surface area contributed by atoms with E-state index in [-0.39, 0.29) is 0 Å². The van der Waals surface area contributed by atoms with Crippen molar-refractivity contribution in [3.05, 3.63) is 72.6 Å². The summed E-state index contributed by atoms with van der Waals surface area (Å²) < 4.78 is 8.47. The Hall–Kier alpha value is -3.20. The van der Waals surface area contributed by atoms with Crippen LogP contribution in [-0.2, 0) is 7.05 Å². The Labute approximate surface area is 145 Å². The largest absolute Gasteiger partial charge is 0.455 e. The second kappa shape index (κ2) is 5.15. The second-order valence-electron chi connectivity index (χ2n) is 6.48. The molecule has 0 aliphatic heterocycles. The molecule has 0 atom stereocenters. The normalized spacial score (nSPS) is 11.6. The van der Waals surface area contributed by atoms with E-state index in [9.17, 15) is 0 Å². The van der Waals surface area contributed by atoms with Crippen molar-refractivity contribution in [1.29, 1.82) is 0 Å². The number of hydrogen-bond donors (Lipinski definition) is 0. The van der Waals surface area contributed by atoms with Crippen LogP contribution < -0.4 is 4.57 Å². The van der Waals surface area contributed by atoms with Gasteiger partial charge in [0.2, 0.25) is 5.69 Å². The van der Waals surface area contributed by atoms with E-state index < -0.39 is 0 Å². The average molecular weight is 325 g/mol. The van der Waals surface area contributed by atoms with Crippen molar-refractivity contribution in [2.75, 3.05) is 0 Å². The Balaban J connectivity index is 1.94. The number of aryl methyl sites for hydroxylation is 2. The minimum absolute atomic E-state index is 0.904. The van der Waals surface area contributed by atoms with Gasteiger partial charge < -0.3 is 4.42 Å². The highest BCUT2D eigenvalue weighted by Gasteiger charge is 2.20. The van der Waals surface area contributed by atoms with Gasteiger partial charge in [-0.15, -0.1) is 0 Å². The lowest BCUT2D eigenvalue weighted by atomic mass is 10.0. The zero-order valence-electron chi connectivity index (χ0n) is 14.2. The number of aromatic nitrogens is 2. The molecule has 0 spiro atoms. The lowest BCUT2D eigenvalue weighted by molar-refractivity contribution is -0.660. The SMILES string of the molecule is Cc1ccc2c(oc3cc4cccnc4cc32)c1-c1cccc[n+]1C. The fourth-order valence-corrected chi connectivity index (χ4v) is 3.60. The van der Waals surface area contributed by atoms with Gasteiger partial charge >= 0.3 is 0 Å². The second-order valence-corrected chi connectivity index (χ2v) is 6.48. The number of nitrogens with zero attached hydrogens (tertiary/aromatic N) is 2. The first-order chi connectivity index (χ1) is 12.2. The predicted molar refractivity (Wildman–Crippen MR) is 100 cm³/mol. The molecule has 0 fully saturated rings. The molecule has 3 nitrogen and oxygen atoms in total. The van der Waals surface area contributed by atoms with Crippen LogP contribution in [0.2, 0.25) is 0 Å². The molecular formula is C22H17N2O+. The summed E-state index contributed by atoms with van der Waals surface area (Å²) in [5, 5.41) is 3.34. The first-order valence-corrected chi connectivity index (χ1v) is 8.38. The molecule has 0 bridgehead atoms. The number of pyridine rings is 2. The van der Waals surface area contributed by atoms with Crippen molar-refractivity contribution in [3.8, 4) is 11.3 Å². The van der Waals surface area contributed by atoms with Gasteiger partial charge in [0.1, 0.15) is 18.2 Å². The van der Waals surface area contributed by atoms with E-state index >= 15 is 0 Å². The summed E-state index contributed by atoms with van der Waals surface area (Å²) in [7, 11) is 2.06. The Morgan fingerprint density at radius 2 is 1.88 bits per heavy atom. The topological polar surface area (TPSA) is 29.9 Å². The lowest BCUT2D eigenvalue weighted by Gasteiger charge is -2.04. The van der Waals surface area contributed by atoms with Crippen LogP contribution in [0.5, 0.6) is 0 Å². The van der Waals surface area contributed by atoms with E-state index in [2.05, 4.69) is 72.2 Å². The molecule has 120 valence electrons. The molecule has 3 heterocycles. The van der Waals surface area contributed by atoms with Gasteiger partial charge in [-0.2, -0.15) is 0 Å². The molecule has 0 N–H and O–H groups in total. The fraction of sp³-hybridized carbons (Fsp3) is 0.0909. The molecule has 0 saturated heterocycles. The first kappa shape index (κ1) is 14.2. The highest BCUT2D eigenvalue weighted by atomic mass is 16.3. The molecule has 5 rings (SSSR count). The molecule has 0 saturated carbocycles. The van der Waals surface area contributed by atoms with E-state index in [4.69, 9.17) is 4.42 Å². The van der Waals surface area contributed by atoms with Crippen molar-refractivity contribution in [2.24, 2.45) is 7.05 Å². The van der Waals surface area contributed by atoms with Gasteiger partial charge in [0.05, 0.1) is 11.1 Å². The third-order valence-corrected chi connectivity index (χ3v) is 4.88. The van der Waals surface area contributed by atoms with Crippen LogP contribution in [0, 0.1) is 6.92 Å². The third-order valence-electron chi connectivity index (χ3n) is 4.88. The number of benzene rings is 2. The lowest BCUT2D eigenvalue weighted by Crippen LogP contribution is -2.30. The molecule has 2 aromatic carbocycles. The van der Waals surface area contributed by atoms with Gasteiger partial charge in [0.15, 0.2) is 6.20 Å². The molecule has 0 aliphatic rings. The molecule has 0 aliphatic carbocycles. The van der Waals surface area contributed by atoms with Crippen molar-refractivity contribution < 1.29 is 8.98 Å². The van der Waals surface area contributed by atoms with E-state index in [0.29, 0.717) is 0 Å². The minimum Gasteiger partial charge on any atom is -0.455 e. The molecule has 0 amide bonds. The molecular weight excluding hydrogens is 308 g/mol. The Morgan fingerprint density at radius 1 is 0.960 bits per heavy atom. The maximum Gasteiger partial charge on any atom is 0.216 e. The Morgan fingerprint density at radius 3 is 2.76 bits per heavy atom.